The topological polar surface area (TPSA) is 48.3 Å². The van der Waals surface area contributed by atoms with Gasteiger partial charge in [0, 0.05) is 11.8 Å². The predicted octanol–water partition coefficient (Wildman–Crippen LogP) is 4.19. The average molecular weight is 331 g/mol. The number of benzene rings is 2. The van der Waals surface area contributed by atoms with E-state index in [9.17, 15) is 9.59 Å². The molecule has 0 saturated heterocycles. The third kappa shape index (κ3) is 3.58. The summed E-state index contributed by atoms with van der Waals surface area (Å²) in [7, 11) is 1.60. The van der Waals surface area contributed by atoms with Crippen molar-refractivity contribution in [2.75, 3.05) is 7.11 Å². The predicted molar refractivity (Wildman–Crippen MR) is 97.8 cm³/mol. The second-order valence-corrected chi connectivity index (χ2v) is 5.42. The van der Waals surface area contributed by atoms with Crippen LogP contribution in [-0.2, 0) is 0 Å². The summed E-state index contributed by atoms with van der Waals surface area (Å²) in [6.45, 7) is 0. The van der Waals surface area contributed by atoms with Crippen molar-refractivity contribution in [2.45, 2.75) is 0 Å². The van der Waals surface area contributed by atoms with Gasteiger partial charge in [-0.1, -0.05) is 42.5 Å². The van der Waals surface area contributed by atoms with Crippen LogP contribution >= 0.6 is 0 Å². The molecule has 0 amide bonds. The Kier molecular flexibility index (Phi) is 4.90. The molecule has 0 saturated carbocycles. The molecule has 0 aliphatic carbocycles. The van der Waals surface area contributed by atoms with Gasteiger partial charge in [-0.3, -0.25) is 9.59 Å². The maximum atomic E-state index is 13.0. The number of carbonyl (C=O) groups excluding carboxylic acids is 2. The largest absolute Gasteiger partial charge is 0.497 e. The van der Waals surface area contributed by atoms with Crippen LogP contribution < -0.4 is 4.74 Å². The number of aromatic nitrogens is 1. The second-order valence-electron chi connectivity index (χ2n) is 5.42. The molecule has 1 aromatic heterocycles. The number of rotatable bonds is 6. The number of carbonyl (C=O) groups is 2. The van der Waals surface area contributed by atoms with Gasteiger partial charge in [0.15, 0.2) is 6.29 Å². The molecule has 4 nitrogen and oxygen atoms in total. The van der Waals surface area contributed by atoms with Gasteiger partial charge in [-0.25, -0.2) is 0 Å². The third-order valence-corrected chi connectivity index (χ3v) is 3.85. The molecule has 2 aromatic carbocycles. The number of allylic oxidation sites excluding steroid dienone is 1. The first-order valence-electron chi connectivity index (χ1n) is 7.81. The summed E-state index contributed by atoms with van der Waals surface area (Å²) in [5.41, 5.74) is 2.23. The molecule has 0 spiro atoms. The molecule has 3 aromatic rings. The lowest BCUT2D eigenvalue weighted by molar-refractivity contribution is 0.105. The highest BCUT2D eigenvalue weighted by Crippen LogP contribution is 2.21. The van der Waals surface area contributed by atoms with Gasteiger partial charge in [0.2, 0.25) is 5.78 Å². The monoisotopic (exact) mass is 331 g/mol. The number of hydrogen-bond donors (Lipinski definition) is 0. The summed E-state index contributed by atoms with van der Waals surface area (Å²) in [5, 5.41) is 0. The zero-order valence-electron chi connectivity index (χ0n) is 13.8. The van der Waals surface area contributed by atoms with Crippen LogP contribution in [0.2, 0.25) is 0 Å². The van der Waals surface area contributed by atoms with Gasteiger partial charge in [-0.2, -0.15) is 0 Å². The summed E-state index contributed by atoms with van der Waals surface area (Å²) in [6, 6.07) is 19.8. The van der Waals surface area contributed by atoms with E-state index >= 15 is 0 Å². The van der Waals surface area contributed by atoms with Gasteiger partial charge in [0.05, 0.1) is 18.5 Å². The molecule has 0 radical (unpaired) electrons. The molecule has 1 heterocycles. The van der Waals surface area contributed by atoms with Gasteiger partial charge in [0.25, 0.3) is 0 Å². The van der Waals surface area contributed by atoms with Crippen molar-refractivity contribution >= 4 is 23.8 Å². The minimum Gasteiger partial charge on any atom is -0.497 e. The number of methoxy groups -OCH3 is 1. The molecule has 0 N–H and O–H groups in total. The summed E-state index contributed by atoms with van der Waals surface area (Å²) in [5.74, 6) is 0.582. The van der Waals surface area contributed by atoms with Crippen LogP contribution in [0.25, 0.3) is 11.8 Å². The summed E-state index contributed by atoms with van der Waals surface area (Å²) >= 11 is 0. The van der Waals surface area contributed by atoms with E-state index in [1.54, 1.807) is 48.2 Å². The van der Waals surface area contributed by atoms with Crippen LogP contribution in [0.3, 0.4) is 0 Å². The Morgan fingerprint density at radius 2 is 1.68 bits per heavy atom. The van der Waals surface area contributed by atoms with E-state index in [0.29, 0.717) is 17.0 Å². The minimum atomic E-state index is -0.157. The fourth-order valence-electron chi connectivity index (χ4n) is 2.55. The zero-order valence-corrected chi connectivity index (χ0v) is 13.8. The summed E-state index contributed by atoms with van der Waals surface area (Å²) in [4.78, 5) is 24.3. The lowest BCUT2D eigenvalue weighted by Crippen LogP contribution is -2.11. The normalized spacial score (nSPS) is 11.2. The fraction of sp³-hybridized carbons (Fsp3) is 0.0476. The maximum absolute atomic E-state index is 13.0. The van der Waals surface area contributed by atoms with E-state index in [1.165, 1.54) is 0 Å². The smallest absolute Gasteiger partial charge is 0.209 e. The van der Waals surface area contributed by atoms with Gasteiger partial charge in [-0.15, -0.1) is 0 Å². The standard InChI is InChI=1S/C21H17NO3/c1-25-19-11-9-16(10-12-19)14-20(22-13-5-8-18(22)15-23)21(24)17-6-3-2-4-7-17/h2-15H,1H3/b20-14-. The van der Waals surface area contributed by atoms with Crippen molar-refractivity contribution in [3.05, 3.63) is 89.7 Å². The second kappa shape index (κ2) is 7.45. The van der Waals surface area contributed by atoms with Crippen molar-refractivity contribution in [3.63, 3.8) is 0 Å². The summed E-state index contributed by atoms with van der Waals surface area (Å²) < 4.78 is 6.76. The number of ketones is 1. The zero-order chi connectivity index (χ0) is 17.6. The third-order valence-electron chi connectivity index (χ3n) is 3.85. The molecular weight excluding hydrogens is 314 g/mol. The van der Waals surface area contributed by atoms with Crippen LogP contribution in [-0.4, -0.2) is 23.7 Å². The van der Waals surface area contributed by atoms with E-state index < -0.39 is 0 Å². The number of hydrogen-bond acceptors (Lipinski definition) is 3. The maximum Gasteiger partial charge on any atom is 0.209 e. The molecule has 0 atom stereocenters. The number of nitrogens with zero attached hydrogens (tertiary/aromatic N) is 1. The number of ether oxygens (including phenoxy) is 1. The molecule has 124 valence electrons. The average Bonchev–Trinajstić information content (AvgIpc) is 3.15. The molecular formula is C21H17NO3. The Morgan fingerprint density at radius 3 is 2.32 bits per heavy atom. The van der Waals surface area contributed by atoms with E-state index in [1.807, 2.05) is 42.5 Å². The van der Waals surface area contributed by atoms with Gasteiger partial charge >= 0.3 is 0 Å². The molecule has 0 aliphatic rings. The highest BCUT2D eigenvalue weighted by molar-refractivity contribution is 6.28. The van der Waals surface area contributed by atoms with Crippen molar-refractivity contribution in [1.82, 2.24) is 4.57 Å². The van der Waals surface area contributed by atoms with E-state index in [-0.39, 0.29) is 5.78 Å². The first-order chi connectivity index (χ1) is 12.2. The molecule has 0 bridgehead atoms. The van der Waals surface area contributed by atoms with Crippen LogP contribution in [0.5, 0.6) is 5.75 Å². The highest BCUT2D eigenvalue weighted by Gasteiger charge is 2.16. The van der Waals surface area contributed by atoms with Crippen molar-refractivity contribution in [1.29, 1.82) is 0 Å². The molecule has 0 fully saturated rings. The van der Waals surface area contributed by atoms with Crippen molar-refractivity contribution in [2.24, 2.45) is 0 Å². The van der Waals surface area contributed by atoms with Crippen molar-refractivity contribution < 1.29 is 14.3 Å². The Labute approximate surface area is 146 Å². The minimum absolute atomic E-state index is 0.157. The lowest BCUT2D eigenvalue weighted by atomic mass is 10.1. The van der Waals surface area contributed by atoms with Gasteiger partial charge < -0.3 is 9.30 Å². The van der Waals surface area contributed by atoms with E-state index in [0.717, 1.165) is 17.6 Å². The molecule has 0 unspecified atom stereocenters. The van der Waals surface area contributed by atoms with Crippen molar-refractivity contribution in [3.8, 4) is 5.75 Å². The van der Waals surface area contributed by atoms with Crippen LogP contribution in [0.4, 0.5) is 0 Å². The van der Waals surface area contributed by atoms with Crippen LogP contribution in [0, 0.1) is 0 Å². The molecule has 0 aliphatic heterocycles. The van der Waals surface area contributed by atoms with Crippen LogP contribution in [0.1, 0.15) is 26.4 Å². The Balaban J connectivity index is 2.09. The Morgan fingerprint density at radius 1 is 0.960 bits per heavy atom. The lowest BCUT2D eigenvalue weighted by Gasteiger charge is -2.11. The summed E-state index contributed by atoms with van der Waals surface area (Å²) in [6.07, 6.45) is 4.21. The first kappa shape index (κ1) is 16.5. The van der Waals surface area contributed by atoms with Crippen LogP contribution in [0.15, 0.2) is 72.9 Å². The SMILES string of the molecule is COc1ccc(/C=C(/C(=O)c2ccccc2)n2cccc2C=O)cc1. The first-order valence-corrected chi connectivity index (χ1v) is 7.81. The Hall–Kier alpha value is -3.40. The molecule has 3 rings (SSSR count). The Bertz CT molecular complexity index is 906. The van der Waals surface area contributed by atoms with E-state index in [4.69, 9.17) is 4.74 Å². The number of Topliss-reactive ketones (excluding diaryl/α,β-unsaturated/α-hetero) is 1. The van der Waals surface area contributed by atoms with Gasteiger partial charge in [0.1, 0.15) is 5.75 Å². The molecule has 25 heavy (non-hydrogen) atoms. The molecule has 4 heteroatoms. The highest BCUT2D eigenvalue weighted by atomic mass is 16.5. The number of aldehydes is 1. The van der Waals surface area contributed by atoms with E-state index in [2.05, 4.69) is 0 Å². The van der Waals surface area contributed by atoms with Gasteiger partial charge in [-0.05, 0) is 35.9 Å². The fourth-order valence-corrected chi connectivity index (χ4v) is 2.55. The quantitative estimate of drug-likeness (QED) is 0.386.